The van der Waals surface area contributed by atoms with Crippen LogP contribution in [0.1, 0.15) is 50.7 Å². The summed E-state index contributed by atoms with van der Waals surface area (Å²) in [4.78, 5) is 11.4. The van der Waals surface area contributed by atoms with Crippen LogP contribution in [0.25, 0.3) is 0 Å². The summed E-state index contributed by atoms with van der Waals surface area (Å²) < 4.78 is 6.34. The van der Waals surface area contributed by atoms with Crippen LogP contribution < -0.4 is 0 Å². The van der Waals surface area contributed by atoms with Crippen molar-refractivity contribution in [1.82, 2.24) is 0 Å². The lowest BCUT2D eigenvalue weighted by molar-refractivity contribution is -0.152. The average Bonchev–Trinajstić information content (AvgIpc) is 2.53. The van der Waals surface area contributed by atoms with Crippen LogP contribution in [0.2, 0.25) is 0 Å². The summed E-state index contributed by atoms with van der Waals surface area (Å²) >= 11 is 0. The highest BCUT2D eigenvalue weighted by Crippen LogP contribution is 2.52. The molecule has 2 heteroatoms. The van der Waals surface area contributed by atoms with Crippen LogP contribution in [-0.4, -0.2) is 5.78 Å². The summed E-state index contributed by atoms with van der Waals surface area (Å²) in [7, 11) is 0. The number of carbonyl (C=O) groups is 1. The topological polar surface area (TPSA) is 26.3 Å². The van der Waals surface area contributed by atoms with Gasteiger partial charge < -0.3 is 4.74 Å². The van der Waals surface area contributed by atoms with Gasteiger partial charge in [-0.15, -0.1) is 0 Å². The van der Waals surface area contributed by atoms with Gasteiger partial charge >= 0.3 is 0 Å². The number of hydrogen-bond donors (Lipinski definition) is 0. The maximum atomic E-state index is 11.4. The summed E-state index contributed by atoms with van der Waals surface area (Å²) in [6, 6.07) is 8.46. The zero-order valence-corrected chi connectivity index (χ0v) is 10.5. The summed E-state index contributed by atoms with van der Waals surface area (Å²) in [6.07, 6.45) is 2.99. The van der Waals surface area contributed by atoms with E-state index in [0.29, 0.717) is 18.6 Å². The van der Waals surface area contributed by atoms with E-state index in [1.54, 1.807) is 0 Å². The van der Waals surface area contributed by atoms with Gasteiger partial charge in [-0.25, -0.2) is 0 Å². The number of rotatable bonds is 0. The molecule has 1 spiro atoms. The molecule has 1 saturated carbocycles. The lowest BCUT2D eigenvalue weighted by atomic mass is 9.78. The third-order valence-corrected chi connectivity index (χ3v) is 4.13. The molecule has 0 unspecified atom stereocenters. The van der Waals surface area contributed by atoms with Crippen LogP contribution in [0.15, 0.2) is 24.3 Å². The van der Waals surface area contributed by atoms with E-state index in [0.717, 1.165) is 12.8 Å². The minimum atomic E-state index is -0.225. The predicted molar refractivity (Wildman–Crippen MR) is 65.7 cm³/mol. The molecule has 2 aliphatic rings. The lowest BCUT2D eigenvalue weighted by Gasteiger charge is -2.35. The third-order valence-electron chi connectivity index (χ3n) is 4.13. The molecule has 1 fully saturated rings. The van der Waals surface area contributed by atoms with Gasteiger partial charge in [-0.1, -0.05) is 24.3 Å². The standard InChI is InChI=1S/C15H18O2/c1-14(2)12-5-3-4-6-13(12)15(17-14)9-7-11(16)8-10-15/h3-6H,7-10H2,1-2H3. The summed E-state index contributed by atoms with van der Waals surface area (Å²) in [5, 5.41) is 0. The molecule has 0 saturated heterocycles. The minimum Gasteiger partial charge on any atom is -0.360 e. The van der Waals surface area contributed by atoms with Crippen molar-refractivity contribution in [3.8, 4) is 0 Å². The Morgan fingerprint density at radius 2 is 1.65 bits per heavy atom. The number of carbonyl (C=O) groups excluding carboxylic acids is 1. The Bertz CT molecular complexity index is 464. The van der Waals surface area contributed by atoms with E-state index in [9.17, 15) is 4.79 Å². The van der Waals surface area contributed by atoms with Gasteiger partial charge in [0.15, 0.2) is 0 Å². The molecule has 90 valence electrons. The molecule has 0 aromatic heterocycles. The molecule has 0 N–H and O–H groups in total. The molecular formula is C15H18O2. The van der Waals surface area contributed by atoms with Gasteiger partial charge in [-0.3, -0.25) is 4.79 Å². The molecule has 2 nitrogen and oxygen atoms in total. The first-order valence-electron chi connectivity index (χ1n) is 6.35. The van der Waals surface area contributed by atoms with Crippen molar-refractivity contribution >= 4 is 5.78 Å². The van der Waals surface area contributed by atoms with E-state index in [1.165, 1.54) is 11.1 Å². The molecule has 1 aliphatic carbocycles. The first kappa shape index (κ1) is 11.0. The van der Waals surface area contributed by atoms with Gasteiger partial charge in [0, 0.05) is 12.8 Å². The second kappa shape index (κ2) is 3.42. The van der Waals surface area contributed by atoms with Gasteiger partial charge in [0.25, 0.3) is 0 Å². The van der Waals surface area contributed by atoms with E-state index < -0.39 is 0 Å². The summed E-state index contributed by atoms with van der Waals surface area (Å²) in [5.74, 6) is 0.376. The number of ketones is 1. The number of fused-ring (bicyclic) bond motifs is 2. The number of hydrogen-bond acceptors (Lipinski definition) is 2. The van der Waals surface area contributed by atoms with E-state index in [1.807, 2.05) is 0 Å². The first-order valence-corrected chi connectivity index (χ1v) is 6.35. The maximum absolute atomic E-state index is 11.4. The van der Waals surface area contributed by atoms with Crippen LogP contribution in [0.3, 0.4) is 0 Å². The Balaban J connectivity index is 2.07. The smallest absolute Gasteiger partial charge is 0.133 e. The second-order valence-corrected chi connectivity index (χ2v) is 5.69. The zero-order valence-electron chi connectivity index (χ0n) is 10.5. The second-order valence-electron chi connectivity index (χ2n) is 5.69. The molecule has 1 aromatic rings. The van der Waals surface area contributed by atoms with E-state index in [2.05, 4.69) is 38.1 Å². The van der Waals surface area contributed by atoms with Crippen LogP contribution in [0.5, 0.6) is 0 Å². The molecule has 3 rings (SSSR count). The van der Waals surface area contributed by atoms with Crippen molar-refractivity contribution < 1.29 is 9.53 Å². The highest BCUT2D eigenvalue weighted by molar-refractivity contribution is 5.79. The quantitative estimate of drug-likeness (QED) is 0.683. The number of ether oxygens (including phenoxy) is 1. The molecule has 1 heterocycles. The fraction of sp³-hybridized carbons (Fsp3) is 0.533. The molecular weight excluding hydrogens is 212 g/mol. The molecule has 1 aromatic carbocycles. The minimum absolute atomic E-state index is 0.200. The summed E-state index contributed by atoms with van der Waals surface area (Å²) in [5.41, 5.74) is 2.16. The van der Waals surface area contributed by atoms with Gasteiger partial charge in [-0.2, -0.15) is 0 Å². The molecule has 0 bridgehead atoms. The lowest BCUT2D eigenvalue weighted by Crippen LogP contribution is -2.33. The van der Waals surface area contributed by atoms with Crippen molar-refractivity contribution in [2.75, 3.05) is 0 Å². The maximum Gasteiger partial charge on any atom is 0.133 e. The molecule has 0 amide bonds. The van der Waals surface area contributed by atoms with Gasteiger partial charge in [0.2, 0.25) is 0 Å². The Labute approximate surface area is 102 Å². The average molecular weight is 230 g/mol. The Hall–Kier alpha value is -1.15. The van der Waals surface area contributed by atoms with Gasteiger partial charge in [0.05, 0.1) is 11.2 Å². The van der Waals surface area contributed by atoms with E-state index in [-0.39, 0.29) is 11.2 Å². The van der Waals surface area contributed by atoms with E-state index in [4.69, 9.17) is 4.74 Å². The predicted octanol–water partition coefficient (Wildman–Crippen LogP) is 3.29. The SMILES string of the molecule is CC1(C)OC2(CCC(=O)CC2)c2ccccc21. The largest absolute Gasteiger partial charge is 0.360 e. The van der Waals surface area contributed by atoms with Crippen molar-refractivity contribution in [2.24, 2.45) is 0 Å². The van der Waals surface area contributed by atoms with Gasteiger partial charge in [-0.05, 0) is 37.8 Å². The molecule has 1 aliphatic heterocycles. The Morgan fingerprint density at radius 3 is 2.29 bits per heavy atom. The molecule has 17 heavy (non-hydrogen) atoms. The fourth-order valence-electron chi connectivity index (χ4n) is 3.31. The van der Waals surface area contributed by atoms with Crippen LogP contribution in [0.4, 0.5) is 0 Å². The highest BCUT2D eigenvalue weighted by atomic mass is 16.5. The highest BCUT2D eigenvalue weighted by Gasteiger charge is 2.49. The Morgan fingerprint density at radius 1 is 1.06 bits per heavy atom. The van der Waals surface area contributed by atoms with Crippen molar-refractivity contribution in [3.63, 3.8) is 0 Å². The van der Waals surface area contributed by atoms with E-state index >= 15 is 0 Å². The summed E-state index contributed by atoms with van der Waals surface area (Å²) in [6.45, 7) is 4.24. The first-order chi connectivity index (χ1) is 8.04. The van der Waals surface area contributed by atoms with Crippen LogP contribution >= 0.6 is 0 Å². The monoisotopic (exact) mass is 230 g/mol. The Kier molecular flexibility index (Phi) is 2.21. The van der Waals surface area contributed by atoms with Crippen molar-refractivity contribution in [3.05, 3.63) is 35.4 Å². The fourth-order valence-corrected chi connectivity index (χ4v) is 3.31. The van der Waals surface area contributed by atoms with Crippen molar-refractivity contribution in [2.45, 2.75) is 50.7 Å². The normalized spacial score (nSPS) is 24.9. The molecule has 0 atom stereocenters. The number of benzene rings is 1. The number of Topliss-reactive ketones (excluding diaryl/α,β-unsaturated/α-hetero) is 1. The van der Waals surface area contributed by atoms with Crippen LogP contribution in [0, 0.1) is 0 Å². The molecule has 0 radical (unpaired) electrons. The zero-order chi connectivity index (χ0) is 12.1. The van der Waals surface area contributed by atoms with Gasteiger partial charge in [0.1, 0.15) is 5.78 Å². The third kappa shape index (κ3) is 1.54. The van der Waals surface area contributed by atoms with Crippen molar-refractivity contribution in [1.29, 1.82) is 0 Å². The van der Waals surface area contributed by atoms with Crippen LogP contribution in [-0.2, 0) is 20.7 Å².